The van der Waals surface area contributed by atoms with E-state index < -0.39 is 21.5 Å². The number of hydrogen-bond acceptors (Lipinski definition) is 5. The highest BCUT2D eigenvalue weighted by Gasteiger charge is 2.25. The maximum atomic E-state index is 13.0. The van der Waals surface area contributed by atoms with Crippen LogP contribution in [0.4, 0.5) is 0 Å². The summed E-state index contributed by atoms with van der Waals surface area (Å²) in [7, 11) is -3.70. The normalized spacial score (nSPS) is 11.9. The van der Waals surface area contributed by atoms with Gasteiger partial charge in [-0.15, -0.1) is 0 Å². The summed E-state index contributed by atoms with van der Waals surface area (Å²) in [6, 6.07) is 15.6. The zero-order valence-electron chi connectivity index (χ0n) is 18.4. The third-order valence-electron chi connectivity index (χ3n) is 4.50. The molecular weight excluding hydrogens is 428 g/mol. The molecule has 1 aromatic heterocycles. The molecule has 2 aromatic carbocycles. The second kappa shape index (κ2) is 9.10. The number of aromatic carboxylic acids is 1. The van der Waals surface area contributed by atoms with E-state index in [0.717, 1.165) is 16.7 Å². The minimum atomic E-state index is -3.70. The highest BCUT2D eigenvalue weighted by atomic mass is 32.2. The Balaban J connectivity index is 1.81. The van der Waals surface area contributed by atoms with Gasteiger partial charge in [0.25, 0.3) is 0 Å². The van der Waals surface area contributed by atoms with Crippen molar-refractivity contribution in [1.82, 2.24) is 9.71 Å². The molecule has 0 unspecified atom stereocenters. The molecule has 0 atom stereocenters. The summed E-state index contributed by atoms with van der Waals surface area (Å²) in [4.78, 5) is 15.1. The zero-order valence-corrected chi connectivity index (χ0v) is 19.2. The minimum Gasteiger partial charge on any atom is -0.478 e. The number of rotatable bonds is 7. The van der Waals surface area contributed by atoms with Crippen molar-refractivity contribution in [3.05, 3.63) is 77.5 Å². The van der Waals surface area contributed by atoms with Gasteiger partial charge in [-0.3, -0.25) is 0 Å². The van der Waals surface area contributed by atoms with E-state index >= 15 is 0 Å². The predicted octanol–water partition coefficient (Wildman–Crippen LogP) is 4.41. The largest absolute Gasteiger partial charge is 0.478 e. The highest BCUT2D eigenvalue weighted by molar-refractivity contribution is 7.89. The van der Waals surface area contributed by atoms with Crippen molar-refractivity contribution in [2.75, 3.05) is 0 Å². The summed E-state index contributed by atoms with van der Waals surface area (Å²) in [5.74, 6) is -0.728. The summed E-state index contributed by atoms with van der Waals surface area (Å²) in [5.41, 5.74) is 2.71. The van der Waals surface area contributed by atoms with Crippen molar-refractivity contribution >= 4 is 16.0 Å². The first-order valence-corrected chi connectivity index (χ1v) is 11.5. The number of pyridine rings is 1. The number of nitrogens with one attached hydrogen (secondary N) is 1. The molecule has 0 aliphatic carbocycles. The molecule has 168 valence electrons. The number of hydrogen-bond donors (Lipinski definition) is 2. The molecular formula is C24H26N2O5S. The summed E-state index contributed by atoms with van der Waals surface area (Å²) in [6.45, 7) is 7.57. The Morgan fingerprint density at radius 2 is 1.75 bits per heavy atom. The van der Waals surface area contributed by atoms with Crippen LogP contribution in [-0.4, -0.2) is 30.0 Å². The SMILES string of the molecule is Cc1ccc(S(=O)(=O)NC(C)(C)C)c(-c2ccc(COc3ccc(C(=O)O)cn3)cc2)c1. The predicted molar refractivity (Wildman–Crippen MR) is 122 cm³/mol. The second-order valence-electron chi connectivity index (χ2n) is 8.53. The molecule has 1 heterocycles. The van der Waals surface area contributed by atoms with E-state index in [2.05, 4.69) is 9.71 Å². The Morgan fingerprint density at radius 3 is 2.31 bits per heavy atom. The monoisotopic (exact) mass is 454 g/mol. The first-order chi connectivity index (χ1) is 14.9. The number of carboxylic acids is 1. The fraction of sp³-hybridized carbons (Fsp3) is 0.250. The van der Waals surface area contributed by atoms with Crippen molar-refractivity contribution in [2.24, 2.45) is 0 Å². The van der Waals surface area contributed by atoms with Crippen LogP contribution >= 0.6 is 0 Å². The van der Waals surface area contributed by atoms with Crippen LogP contribution in [0.15, 0.2) is 65.7 Å². The van der Waals surface area contributed by atoms with E-state index in [1.54, 1.807) is 32.9 Å². The lowest BCUT2D eigenvalue weighted by atomic mass is 10.0. The summed E-state index contributed by atoms with van der Waals surface area (Å²) >= 11 is 0. The first kappa shape index (κ1) is 23.4. The van der Waals surface area contributed by atoms with Crippen LogP contribution in [0.2, 0.25) is 0 Å². The molecule has 0 aliphatic heterocycles. The lowest BCUT2D eigenvalue weighted by Crippen LogP contribution is -2.40. The van der Waals surface area contributed by atoms with Gasteiger partial charge in [0, 0.05) is 23.4 Å². The summed E-state index contributed by atoms with van der Waals surface area (Å²) < 4.78 is 34.3. The molecule has 0 fully saturated rings. The molecule has 0 amide bonds. The zero-order chi connectivity index (χ0) is 23.5. The molecule has 3 rings (SSSR count). The standard InChI is InChI=1S/C24H26N2O5S/c1-16-5-11-21(32(29,30)26-24(2,3)4)20(13-16)18-8-6-17(7-9-18)15-31-22-12-10-19(14-25-22)23(27)28/h5-14,26H,15H2,1-4H3,(H,27,28). The van der Waals surface area contributed by atoms with E-state index in [9.17, 15) is 13.2 Å². The fourth-order valence-corrected chi connectivity index (χ4v) is 4.72. The lowest BCUT2D eigenvalue weighted by Gasteiger charge is -2.22. The van der Waals surface area contributed by atoms with Crippen LogP contribution in [0.25, 0.3) is 11.1 Å². The van der Waals surface area contributed by atoms with E-state index in [1.807, 2.05) is 37.3 Å². The summed E-state index contributed by atoms with van der Waals surface area (Å²) in [6.07, 6.45) is 1.24. The summed E-state index contributed by atoms with van der Waals surface area (Å²) in [5, 5.41) is 8.92. The van der Waals surface area contributed by atoms with Crippen LogP contribution in [0.1, 0.15) is 42.3 Å². The Hall–Kier alpha value is -3.23. The number of carbonyl (C=O) groups is 1. The number of benzene rings is 2. The van der Waals surface area contributed by atoms with Crippen LogP contribution in [0.5, 0.6) is 5.88 Å². The van der Waals surface area contributed by atoms with Gasteiger partial charge in [0.1, 0.15) is 6.61 Å². The first-order valence-electron chi connectivity index (χ1n) is 10.0. The maximum absolute atomic E-state index is 13.0. The molecule has 0 saturated heterocycles. The Morgan fingerprint density at radius 1 is 1.06 bits per heavy atom. The molecule has 7 nitrogen and oxygen atoms in total. The third-order valence-corrected chi connectivity index (χ3v) is 6.32. The topological polar surface area (TPSA) is 106 Å². The molecule has 8 heteroatoms. The van der Waals surface area contributed by atoms with Crippen LogP contribution < -0.4 is 9.46 Å². The van der Waals surface area contributed by atoms with E-state index in [4.69, 9.17) is 9.84 Å². The van der Waals surface area contributed by atoms with Crippen molar-refractivity contribution in [1.29, 1.82) is 0 Å². The average Bonchev–Trinajstić information content (AvgIpc) is 2.71. The van der Waals surface area contributed by atoms with Gasteiger partial charge in [0.2, 0.25) is 15.9 Å². The van der Waals surface area contributed by atoms with Crippen LogP contribution in [-0.2, 0) is 16.6 Å². The van der Waals surface area contributed by atoms with Crippen molar-refractivity contribution < 1.29 is 23.1 Å². The van der Waals surface area contributed by atoms with Crippen LogP contribution in [0, 0.1) is 6.92 Å². The van der Waals surface area contributed by atoms with Gasteiger partial charge >= 0.3 is 5.97 Å². The Bertz CT molecular complexity index is 1210. The number of sulfonamides is 1. The molecule has 0 saturated carbocycles. The number of ether oxygens (including phenoxy) is 1. The van der Waals surface area contributed by atoms with Gasteiger partial charge in [-0.25, -0.2) is 22.9 Å². The molecule has 0 radical (unpaired) electrons. The van der Waals surface area contributed by atoms with E-state index in [-0.39, 0.29) is 17.1 Å². The van der Waals surface area contributed by atoms with Gasteiger partial charge in [-0.2, -0.15) is 0 Å². The number of aryl methyl sites for hydroxylation is 1. The number of carboxylic acid groups (broad SMARTS) is 1. The van der Waals surface area contributed by atoms with Crippen molar-refractivity contribution in [3.63, 3.8) is 0 Å². The maximum Gasteiger partial charge on any atom is 0.337 e. The number of nitrogens with zero attached hydrogens (tertiary/aromatic N) is 1. The Kier molecular flexibility index (Phi) is 6.66. The lowest BCUT2D eigenvalue weighted by molar-refractivity contribution is 0.0696. The molecule has 0 aliphatic rings. The van der Waals surface area contributed by atoms with Crippen LogP contribution in [0.3, 0.4) is 0 Å². The number of aromatic nitrogens is 1. The second-order valence-corrected chi connectivity index (χ2v) is 10.2. The van der Waals surface area contributed by atoms with Gasteiger partial charge in [0.05, 0.1) is 10.5 Å². The molecule has 3 aromatic rings. The smallest absolute Gasteiger partial charge is 0.337 e. The van der Waals surface area contributed by atoms with E-state index in [0.29, 0.717) is 11.4 Å². The molecule has 32 heavy (non-hydrogen) atoms. The average molecular weight is 455 g/mol. The fourth-order valence-electron chi connectivity index (χ4n) is 3.09. The highest BCUT2D eigenvalue weighted by Crippen LogP contribution is 2.29. The molecule has 0 bridgehead atoms. The van der Waals surface area contributed by atoms with Gasteiger partial charge in [-0.05, 0) is 51.0 Å². The van der Waals surface area contributed by atoms with E-state index in [1.165, 1.54) is 18.3 Å². The van der Waals surface area contributed by atoms with Crippen molar-refractivity contribution in [3.8, 4) is 17.0 Å². The Labute approximate surface area is 188 Å². The van der Waals surface area contributed by atoms with Gasteiger partial charge in [0.15, 0.2) is 0 Å². The quantitative estimate of drug-likeness (QED) is 0.548. The molecule has 2 N–H and O–H groups in total. The van der Waals surface area contributed by atoms with Crippen molar-refractivity contribution in [2.45, 2.75) is 44.7 Å². The van der Waals surface area contributed by atoms with Gasteiger partial charge in [-0.1, -0.05) is 42.0 Å². The molecule has 0 spiro atoms. The minimum absolute atomic E-state index is 0.0894. The van der Waals surface area contributed by atoms with Gasteiger partial charge < -0.3 is 9.84 Å². The third kappa shape index (κ3) is 5.93.